The first kappa shape index (κ1) is 17.1. The van der Waals surface area contributed by atoms with Crippen molar-refractivity contribution in [2.45, 2.75) is 13.5 Å². The van der Waals surface area contributed by atoms with Gasteiger partial charge in [-0.3, -0.25) is 9.78 Å². The molecule has 0 saturated heterocycles. The van der Waals surface area contributed by atoms with E-state index in [-0.39, 0.29) is 11.7 Å². The van der Waals surface area contributed by atoms with Crippen LogP contribution in [0.4, 0.5) is 0 Å². The van der Waals surface area contributed by atoms with E-state index in [1.54, 1.807) is 23.4 Å². The number of aromatic hydroxyl groups is 1. The van der Waals surface area contributed by atoms with Crippen molar-refractivity contribution in [2.24, 2.45) is 0 Å². The normalized spacial score (nSPS) is 13.4. The van der Waals surface area contributed by atoms with Gasteiger partial charge in [0.1, 0.15) is 6.61 Å². The summed E-state index contributed by atoms with van der Waals surface area (Å²) in [6.45, 7) is 3.17. The van der Waals surface area contributed by atoms with E-state index in [1.165, 1.54) is 0 Å². The molecule has 1 aliphatic rings. The van der Waals surface area contributed by atoms with Crippen LogP contribution in [0.15, 0.2) is 60.9 Å². The van der Waals surface area contributed by atoms with Crippen LogP contribution < -0.4 is 4.74 Å². The molecule has 0 spiro atoms. The maximum Gasteiger partial charge on any atom is 0.254 e. The standard InChI is InChI=1S/C22H20N2O3/c1-15-4-6-16(7-5-15)22(26)24-9-10-27-21-19(14-24)11-18(12-20(21)25)17-3-2-8-23-13-17/h2-8,11-13,25H,9-10,14H2,1H3. The highest BCUT2D eigenvalue weighted by Crippen LogP contribution is 2.37. The van der Waals surface area contributed by atoms with Crippen molar-refractivity contribution in [3.05, 3.63) is 77.6 Å². The molecule has 0 unspecified atom stereocenters. The lowest BCUT2D eigenvalue weighted by Gasteiger charge is -2.20. The number of amides is 1. The number of phenols is 1. The minimum atomic E-state index is -0.0438. The van der Waals surface area contributed by atoms with Gasteiger partial charge in [0.15, 0.2) is 11.5 Å². The van der Waals surface area contributed by atoms with Gasteiger partial charge in [0, 0.05) is 35.6 Å². The molecule has 4 rings (SSSR count). The van der Waals surface area contributed by atoms with Crippen molar-refractivity contribution in [1.82, 2.24) is 9.88 Å². The average molecular weight is 360 g/mol. The van der Waals surface area contributed by atoms with Gasteiger partial charge in [-0.15, -0.1) is 0 Å². The molecule has 3 aromatic rings. The minimum Gasteiger partial charge on any atom is -0.504 e. The van der Waals surface area contributed by atoms with Crippen LogP contribution in [0.25, 0.3) is 11.1 Å². The fourth-order valence-corrected chi connectivity index (χ4v) is 3.25. The summed E-state index contributed by atoms with van der Waals surface area (Å²) in [6.07, 6.45) is 3.45. The molecular weight excluding hydrogens is 340 g/mol. The summed E-state index contributed by atoms with van der Waals surface area (Å²) in [6, 6.07) is 15.0. The van der Waals surface area contributed by atoms with Crippen molar-refractivity contribution in [3.8, 4) is 22.6 Å². The Hall–Kier alpha value is -3.34. The lowest BCUT2D eigenvalue weighted by atomic mass is 10.0. The van der Waals surface area contributed by atoms with Crippen molar-refractivity contribution in [1.29, 1.82) is 0 Å². The van der Waals surface area contributed by atoms with E-state index in [4.69, 9.17) is 4.74 Å². The molecule has 0 fully saturated rings. The summed E-state index contributed by atoms with van der Waals surface area (Å²) >= 11 is 0. The number of carbonyl (C=O) groups is 1. The van der Waals surface area contributed by atoms with Gasteiger partial charge >= 0.3 is 0 Å². The Kier molecular flexibility index (Phi) is 4.50. The molecule has 5 nitrogen and oxygen atoms in total. The van der Waals surface area contributed by atoms with Crippen LogP contribution in [0, 0.1) is 6.92 Å². The first-order valence-corrected chi connectivity index (χ1v) is 8.87. The highest BCUT2D eigenvalue weighted by atomic mass is 16.5. The molecule has 2 heterocycles. The summed E-state index contributed by atoms with van der Waals surface area (Å²) in [4.78, 5) is 18.8. The van der Waals surface area contributed by atoms with Crippen LogP contribution in [0.3, 0.4) is 0 Å². The van der Waals surface area contributed by atoms with Gasteiger partial charge in [0.05, 0.1) is 6.54 Å². The van der Waals surface area contributed by atoms with Crippen molar-refractivity contribution in [3.63, 3.8) is 0 Å². The van der Waals surface area contributed by atoms with Crippen LogP contribution in [0.2, 0.25) is 0 Å². The molecule has 0 aliphatic carbocycles. The van der Waals surface area contributed by atoms with E-state index in [1.807, 2.05) is 49.4 Å². The van der Waals surface area contributed by atoms with E-state index in [0.29, 0.717) is 31.0 Å². The predicted molar refractivity (Wildman–Crippen MR) is 103 cm³/mol. The fraction of sp³-hybridized carbons (Fsp3) is 0.182. The second-order valence-electron chi connectivity index (χ2n) is 6.67. The lowest BCUT2D eigenvalue weighted by Crippen LogP contribution is -2.32. The Balaban J connectivity index is 1.67. The quantitative estimate of drug-likeness (QED) is 0.755. The number of hydrogen-bond acceptors (Lipinski definition) is 4. The number of rotatable bonds is 2. The molecule has 5 heteroatoms. The molecule has 0 radical (unpaired) electrons. The van der Waals surface area contributed by atoms with Crippen molar-refractivity contribution in [2.75, 3.05) is 13.2 Å². The average Bonchev–Trinajstić information content (AvgIpc) is 2.91. The van der Waals surface area contributed by atoms with Gasteiger partial charge in [-0.1, -0.05) is 23.8 Å². The van der Waals surface area contributed by atoms with Gasteiger partial charge in [0.25, 0.3) is 5.91 Å². The predicted octanol–water partition coefficient (Wildman–Crippen LogP) is 3.80. The molecule has 0 atom stereocenters. The van der Waals surface area contributed by atoms with Gasteiger partial charge in [0.2, 0.25) is 0 Å². The van der Waals surface area contributed by atoms with Gasteiger partial charge < -0.3 is 14.7 Å². The smallest absolute Gasteiger partial charge is 0.254 e. The van der Waals surface area contributed by atoms with Crippen LogP contribution in [0.1, 0.15) is 21.5 Å². The largest absolute Gasteiger partial charge is 0.504 e. The van der Waals surface area contributed by atoms with Crippen LogP contribution in [-0.2, 0) is 6.54 Å². The number of pyridine rings is 1. The summed E-state index contributed by atoms with van der Waals surface area (Å²) < 4.78 is 5.75. The maximum absolute atomic E-state index is 12.9. The number of hydrogen-bond donors (Lipinski definition) is 1. The number of benzene rings is 2. The third-order valence-electron chi connectivity index (χ3n) is 4.70. The zero-order chi connectivity index (χ0) is 18.8. The van der Waals surface area contributed by atoms with Crippen molar-refractivity contribution < 1.29 is 14.6 Å². The second-order valence-corrected chi connectivity index (χ2v) is 6.67. The zero-order valence-electron chi connectivity index (χ0n) is 15.1. The summed E-state index contributed by atoms with van der Waals surface area (Å²) in [5.41, 5.74) is 4.29. The van der Waals surface area contributed by atoms with E-state index in [0.717, 1.165) is 22.3 Å². The molecule has 2 aromatic carbocycles. The monoisotopic (exact) mass is 360 g/mol. The number of ether oxygens (including phenoxy) is 1. The fourth-order valence-electron chi connectivity index (χ4n) is 3.25. The van der Waals surface area contributed by atoms with Gasteiger partial charge in [-0.25, -0.2) is 0 Å². The SMILES string of the molecule is Cc1ccc(C(=O)N2CCOc3c(O)cc(-c4cccnc4)cc3C2)cc1. The Morgan fingerprint density at radius 1 is 1.15 bits per heavy atom. The van der Waals surface area contributed by atoms with E-state index >= 15 is 0 Å². The number of aromatic nitrogens is 1. The van der Waals surface area contributed by atoms with Crippen LogP contribution in [-0.4, -0.2) is 34.0 Å². The zero-order valence-corrected chi connectivity index (χ0v) is 15.1. The second kappa shape index (κ2) is 7.11. The maximum atomic E-state index is 12.9. The molecule has 1 aliphatic heterocycles. The first-order chi connectivity index (χ1) is 13.1. The number of aryl methyl sites for hydroxylation is 1. The summed E-state index contributed by atoms with van der Waals surface area (Å²) in [5, 5.41) is 10.4. The van der Waals surface area contributed by atoms with E-state index in [2.05, 4.69) is 4.98 Å². The number of fused-ring (bicyclic) bond motifs is 1. The highest BCUT2D eigenvalue weighted by molar-refractivity contribution is 5.94. The number of carbonyl (C=O) groups excluding carboxylic acids is 1. The third-order valence-corrected chi connectivity index (χ3v) is 4.70. The number of nitrogens with zero attached hydrogens (tertiary/aromatic N) is 2. The Labute approximate surface area is 157 Å². The van der Waals surface area contributed by atoms with Crippen LogP contribution in [0.5, 0.6) is 11.5 Å². The Morgan fingerprint density at radius 2 is 1.96 bits per heavy atom. The highest BCUT2D eigenvalue weighted by Gasteiger charge is 2.23. The molecular formula is C22H20N2O3. The molecule has 1 amide bonds. The lowest BCUT2D eigenvalue weighted by molar-refractivity contribution is 0.0733. The van der Waals surface area contributed by atoms with Gasteiger partial charge in [-0.2, -0.15) is 0 Å². The first-order valence-electron chi connectivity index (χ1n) is 8.87. The topological polar surface area (TPSA) is 62.7 Å². The van der Waals surface area contributed by atoms with Gasteiger partial charge in [-0.05, 0) is 42.8 Å². The summed E-state index contributed by atoms with van der Waals surface area (Å²) in [5.74, 6) is 0.482. The van der Waals surface area contributed by atoms with E-state index < -0.39 is 0 Å². The van der Waals surface area contributed by atoms with E-state index in [9.17, 15) is 9.90 Å². The Morgan fingerprint density at radius 3 is 2.70 bits per heavy atom. The molecule has 136 valence electrons. The van der Waals surface area contributed by atoms with Crippen LogP contribution >= 0.6 is 0 Å². The molecule has 1 N–H and O–H groups in total. The molecule has 0 bridgehead atoms. The number of phenolic OH excluding ortho intramolecular Hbond substituents is 1. The summed E-state index contributed by atoms with van der Waals surface area (Å²) in [7, 11) is 0. The molecule has 0 saturated carbocycles. The third kappa shape index (κ3) is 3.49. The minimum absolute atomic E-state index is 0.0438. The molecule has 27 heavy (non-hydrogen) atoms. The van der Waals surface area contributed by atoms with Crippen molar-refractivity contribution >= 4 is 5.91 Å². The molecule has 1 aromatic heterocycles. The Bertz CT molecular complexity index is 969.